The monoisotopic (exact) mass is 199 g/mol. The normalized spacial score (nSPS) is 22.1. The Morgan fingerprint density at radius 1 is 1.69 bits per heavy atom. The third kappa shape index (κ3) is 2.12. The lowest BCUT2D eigenvalue weighted by atomic mass is 10.1. The van der Waals surface area contributed by atoms with E-state index in [1.54, 1.807) is 4.68 Å². The molecule has 1 saturated heterocycles. The SMILES string of the molecule is Cn1nnnc1NCC1CCSC1. The molecule has 1 aromatic heterocycles. The van der Waals surface area contributed by atoms with Gasteiger partial charge in [0.05, 0.1) is 0 Å². The maximum atomic E-state index is 3.86. The van der Waals surface area contributed by atoms with E-state index in [9.17, 15) is 0 Å². The van der Waals surface area contributed by atoms with Crippen LogP contribution in [0.4, 0.5) is 5.95 Å². The number of thioether (sulfide) groups is 1. The Hall–Kier alpha value is -0.780. The third-order valence-electron chi connectivity index (χ3n) is 2.19. The molecule has 72 valence electrons. The molecule has 1 aliphatic rings. The number of aromatic nitrogens is 4. The molecule has 0 saturated carbocycles. The van der Waals surface area contributed by atoms with Crippen LogP contribution in [0.25, 0.3) is 0 Å². The van der Waals surface area contributed by atoms with Crippen LogP contribution in [-0.2, 0) is 7.05 Å². The highest BCUT2D eigenvalue weighted by Crippen LogP contribution is 2.23. The first-order valence-corrected chi connectivity index (χ1v) is 5.55. The summed E-state index contributed by atoms with van der Waals surface area (Å²) in [5, 5.41) is 14.4. The molecule has 1 aromatic rings. The number of nitrogens with zero attached hydrogens (tertiary/aromatic N) is 4. The summed E-state index contributed by atoms with van der Waals surface area (Å²) in [5.74, 6) is 4.10. The molecule has 0 spiro atoms. The fraction of sp³-hybridized carbons (Fsp3) is 0.857. The molecule has 6 heteroatoms. The van der Waals surface area contributed by atoms with E-state index in [1.165, 1.54) is 17.9 Å². The van der Waals surface area contributed by atoms with E-state index in [-0.39, 0.29) is 0 Å². The molecule has 1 aliphatic heterocycles. The number of rotatable bonds is 3. The van der Waals surface area contributed by atoms with Gasteiger partial charge in [-0.2, -0.15) is 11.8 Å². The summed E-state index contributed by atoms with van der Waals surface area (Å²) in [6, 6.07) is 0. The Bertz CT molecular complexity index is 268. The molecule has 2 heterocycles. The zero-order valence-corrected chi connectivity index (χ0v) is 8.42. The van der Waals surface area contributed by atoms with Gasteiger partial charge in [-0.1, -0.05) is 5.10 Å². The maximum absolute atomic E-state index is 3.86. The molecule has 0 amide bonds. The van der Waals surface area contributed by atoms with E-state index in [1.807, 2.05) is 18.8 Å². The Morgan fingerprint density at radius 2 is 2.62 bits per heavy atom. The van der Waals surface area contributed by atoms with Crippen LogP contribution in [0.15, 0.2) is 0 Å². The van der Waals surface area contributed by atoms with Crippen LogP contribution in [0.1, 0.15) is 6.42 Å². The van der Waals surface area contributed by atoms with Crippen molar-refractivity contribution in [3.8, 4) is 0 Å². The highest BCUT2D eigenvalue weighted by atomic mass is 32.2. The highest BCUT2D eigenvalue weighted by molar-refractivity contribution is 7.99. The van der Waals surface area contributed by atoms with E-state index in [4.69, 9.17) is 0 Å². The first-order chi connectivity index (χ1) is 6.36. The molecule has 0 bridgehead atoms. The van der Waals surface area contributed by atoms with Gasteiger partial charge in [-0.25, -0.2) is 4.68 Å². The summed E-state index contributed by atoms with van der Waals surface area (Å²) < 4.78 is 1.65. The Labute approximate surface area is 81.3 Å². The topological polar surface area (TPSA) is 55.6 Å². The minimum Gasteiger partial charge on any atom is -0.353 e. The van der Waals surface area contributed by atoms with Crippen molar-refractivity contribution in [2.75, 3.05) is 23.4 Å². The van der Waals surface area contributed by atoms with Crippen molar-refractivity contribution in [3.05, 3.63) is 0 Å². The smallest absolute Gasteiger partial charge is 0.242 e. The molecular formula is C7H13N5S. The molecule has 2 rings (SSSR count). The summed E-state index contributed by atoms with van der Waals surface area (Å²) in [5.41, 5.74) is 0. The lowest BCUT2D eigenvalue weighted by Crippen LogP contribution is -2.15. The highest BCUT2D eigenvalue weighted by Gasteiger charge is 2.15. The van der Waals surface area contributed by atoms with Crippen LogP contribution in [0.5, 0.6) is 0 Å². The van der Waals surface area contributed by atoms with E-state index in [2.05, 4.69) is 20.8 Å². The molecule has 1 atom stereocenters. The van der Waals surface area contributed by atoms with Crippen LogP contribution in [0, 0.1) is 5.92 Å². The van der Waals surface area contributed by atoms with Gasteiger partial charge in [-0.05, 0) is 34.3 Å². The first-order valence-electron chi connectivity index (χ1n) is 4.40. The van der Waals surface area contributed by atoms with E-state index >= 15 is 0 Å². The van der Waals surface area contributed by atoms with Crippen molar-refractivity contribution in [2.45, 2.75) is 6.42 Å². The summed E-state index contributed by atoms with van der Waals surface area (Å²) in [6.07, 6.45) is 1.31. The molecular weight excluding hydrogens is 186 g/mol. The molecule has 0 radical (unpaired) electrons. The van der Waals surface area contributed by atoms with Gasteiger partial charge < -0.3 is 5.32 Å². The largest absolute Gasteiger partial charge is 0.353 e. The molecule has 1 unspecified atom stereocenters. The zero-order valence-electron chi connectivity index (χ0n) is 7.60. The van der Waals surface area contributed by atoms with Crippen LogP contribution in [0.3, 0.4) is 0 Å². The van der Waals surface area contributed by atoms with Crippen molar-refractivity contribution in [1.82, 2.24) is 20.2 Å². The maximum Gasteiger partial charge on any atom is 0.242 e. The minimum atomic E-state index is 0.761. The molecule has 13 heavy (non-hydrogen) atoms. The van der Waals surface area contributed by atoms with Gasteiger partial charge in [-0.3, -0.25) is 0 Å². The van der Waals surface area contributed by atoms with Crippen molar-refractivity contribution in [3.63, 3.8) is 0 Å². The average molecular weight is 199 g/mol. The standard InChI is InChI=1S/C7H13N5S/c1-12-7(9-10-11-12)8-4-6-2-3-13-5-6/h6H,2-5H2,1H3,(H,8,9,11). The van der Waals surface area contributed by atoms with Gasteiger partial charge in [-0.15, -0.1) is 0 Å². The third-order valence-corrected chi connectivity index (χ3v) is 3.42. The van der Waals surface area contributed by atoms with Crippen molar-refractivity contribution >= 4 is 17.7 Å². The van der Waals surface area contributed by atoms with Crippen molar-refractivity contribution in [1.29, 1.82) is 0 Å². The minimum absolute atomic E-state index is 0.761. The number of anilines is 1. The van der Waals surface area contributed by atoms with Gasteiger partial charge in [0.1, 0.15) is 0 Å². The van der Waals surface area contributed by atoms with Gasteiger partial charge in [0.15, 0.2) is 0 Å². The lowest BCUT2D eigenvalue weighted by Gasteiger charge is -2.08. The quantitative estimate of drug-likeness (QED) is 0.762. The van der Waals surface area contributed by atoms with Crippen LogP contribution >= 0.6 is 11.8 Å². The number of nitrogens with one attached hydrogen (secondary N) is 1. The molecule has 0 aliphatic carbocycles. The molecule has 1 fully saturated rings. The fourth-order valence-electron chi connectivity index (χ4n) is 1.36. The lowest BCUT2D eigenvalue weighted by molar-refractivity contribution is 0.623. The molecule has 5 nitrogen and oxygen atoms in total. The second kappa shape index (κ2) is 3.95. The van der Waals surface area contributed by atoms with E-state index in [0.717, 1.165) is 18.4 Å². The number of tetrazole rings is 1. The summed E-state index contributed by atoms with van der Waals surface area (Å²) in [7, 11) is 1.84. The van der Waals surface area contributed by atoms with Gasteiger partial charge in [0.25, 0.3) is 0 Å². The average Bonchev–Trinajstić information content (AvgIpc) is 2.72. The predicted molar refractivity (Wildman–Crippen MR) is 52.7 cm³/mol. The Balaban J connectivity index is 1.82. The van der Waals surface area contributed by atoms with Crippen molar-refractivity contribution in [2.24, 2.45) is 13.0 Å². The summed E-state index contributed by atoms with van der Waals surface area (Å²) in [6.45, 7) is 0.987. The molecule has 1 N–H and O–H groups in total. The summed E-state index contributed by atoms with van der Waals surface area (Å²) in [4.78, 5) is 0. The second-order valence-electron chi connectivity index (χ2n) is 3.24. The van der Waals surface area contributed by atoms with Gasteiger partial charge in [0, 0.05) is 13.6 Å². The number of hydrogen-bond donors (Lipinski definition) is 1. The van der Waals surface area contributed by atoms with E-state index in [0.29, 0.717) is 0 Å². The Kier molecular flexibility index (Phi) is 2.68. The Morgan fingerprint density at radius 3 is 3.23 bits per heavy atom. The van der Waals surface area contributed by atoms with Gasteiger partial charge >= 0.3 is 0 Å². The van der Waals surface area contributed by atoms with Gasteiger partial charge in [0.2, 0.25) is 5.95 Å². The van der Waals surface area contributed by atoms with Crippen molar-refractivity contribution < 1.29 is 0 Å². The number of aryl methyl sites for hydroxylation is 1. The van der Waals surface area contributed by atoms with E-state index < -0.39 is 0 Å². The first kappa shape index (κ1) is 8.80. The van der Waals surface area contributed by atoms with Crippen LogP contribution in [0.2, 0.25) is 0 Å². The second-order valence-corrected chi connectivity index (χ2v) is 4.39. The summed E-state index contributed by atoms with van der Waals surface area (Å²) >= 11 is 2.03. The zero-order chi connectivity index (χ0) is 9.10. The predicted octanol–water partition coefficient (Wildman–Crippen LogP) is 0.375. The fourth-order valence-corrected chi connectivity index (χ4v) is 2.64. The van der Waals surface area contributed by atoms with Crippen LogP contribution in [-0.4, -0.2) is 38.3 Å². The molecule has 0 aromatic carbocycles. The van der Waals surface area contributed by atoms with Crippen LogP contribution < -0.4 is 5.32 Å². The number of hydrogen-bond acceptors (Lipinski definition) is 5.